The van der Waals surface area contributed by atoms with Crippen molar-refractivity contribution in [2.45, 2.75) is 39.7 Å². The number of hydrogen-bond donors (Lipinski definition) is 0. The van der Waals surface area contributed by atoms with Crippen molar-refractivity contribution in [2.24, 2.45) is 0 Å². The first kappa shape index (κ1) is 15.3. The van der Waals surface area contributed by atoms with Gasteiger partial charge in [0.2, 0.25) is 0 Å². The van der Waals surface area contributed by atoms with E-state index >= 15 is 0 Å². The van der Waals surface area contributed by atoms with Gasteiger partial charge in [0.05, 0.1) is 7.11 Å². The fraction of sp³-hybridized carbons (Fsp3) is 0.438. The lowest BCUT2D eigenvalue weighted by molar-refractivity contribution is -0.112. The monoisotopic (exact) mass is 262 g/mol. The zero-order valence-electron chi connectivity index (χ0n) is 12.3. The zero-order chi connectivity index (χ0) is 14.5. The Morgan fingerprint density at radius 2 is 2.00 bits per heavy atom. The molecule has 0 atom stereocenters. The van der Waals surface area contributed by atoms with E-state index in [1.807, 2.05) is 32.0 Å². The summed E-state index contributed by atoms with van der Waals surface area (Å²) in [4.78, 5) is 10.9. The third kappa shape index (κ3) is 4.78. The van der Waals surface area contributed by atoms with Crippen LogP contribution >= 0.6 is 0 Å². The Kier molecular flexibility index (Phi) is 5.16. The van der Waals surface area contributed by atoms with E-state index in [1.54, 1.807) is 13.2 Å². The molecular formula is C16H22O3. The van der Waals surface area contributed by atoms with E-state index in [1.165, 1.54) is 13.0 Å². The molecule has 0 aliphatic heterocycles. The molecule has 0 spiro atoms. The molecule has 0 fully saturated rings. The predicted octanol–water partition coefficient (Wildman–Crippen LogP) is 3.86. The van der Waals surface area contributed by atoms with E-state index in [-0.39, 0.29) is 11.4 Å². The summed E-state index contributed by atoms with van der Waals surface area (Å²) >= 11 is 0. The van der Waals surface area contributed by atoms with Crippen LogP contribution in [0.1, 0.15) is 39.7 Å². The van der Waals surface area contributed by atoms with Crippen LogP contribution in [0.25, 0.3) is 6.08 Å². The second kappa shape index (κ2) is 6.41. The van der Waals surface area contributed by atoms with Crippen LogP contribution in [0.5, 0.6) is 11.5 Å². The Labute approximate surface area is 115 Å². The number of carbonyl (C=O) groups excluding carboxylic acids is 1. The lowest BCUT2D eigenvalue weighted by Gasteiger charge is -2.26. The van der Waals surface area contributed by atoms with Crippen LogP contribution in [0.4, 0.5) is 0 Å². The van der Waals surface area contributed by atoms with E-state index in [0.29, 0.717) is 11.5 Å². The fourth-order valence-electron chi connectivity index (χ4n) is 1.46. The van der Waals surface area contributed by atoms with Crippen molar-refractivity contribution in [2.75, 3.05) is 7.11 Å². The highest BCUT2D eigenvalue weighted by atomic mass is 16.5. The van der Waals surface area contributed by atoms with Crippen LogP contribution in [-0.4, -0.2) is 18.5 Å². The summed E-state index contributed by atoms with van der Waals surface area (Å²) in [5, 5.41) is 0. The molecule has 1 rings (SSSR count). The molecule has 3 nitrogen and oxygen atoms in total. The topological polar surface area (TPSA) is 35.5 Å². The number of allylic oxidation sites excluding steroid dienone is 1. The fourth-order valence-corrected chi connectivity index (χ4v) is 1.46. The number of ether oxygens (including phenoxy) is 2. The predicted molar refractivity (Wildman–Crippen MR) is 77.7 cm³/mol. The van der Waals surface area contributed by atoms with E-state index in [9.17, 15) is 4.79 Å². The van der Waals surface area contributed by atoms with Gasteiger partial charge in [-0.1, -0.05) is 19.1 Å². The van der Waals surface area contributed by atoms with E-state index < -0.39 is 0 Å². The van der Waals surface area contributed by atoms with Gasteiger partial charge in [-0.25, -0.2) is 0 Å². The third-order valence-corrected chi connectivity index (χ3v) is 2.94. The van der Waals surface area contributed by atoms with E-state index in [0.717, 1.165) is 12.0 Å². The van der Waals surface area contributed by atoms with Gasteiger partial charge in [-0.2, -0.15) is 0 Å². The number of methoxy groups -OCH3 is 1. The molecule has 0 aliphatic rings. The van der Waals surface area contributed by atoms with Crippen molar-refractivity contribution in [3.05, 3.63) is 29.8 Å². The maximum Gasteiger partial charge on any atom is 0.162 e. The second-order valence-electron chi connectivity index (χ2n) is 5.07. The summed E-state index contributed by atoms with van der Waals surface area (Å²) < 4.78 is 11.3. The Bertz CT molecular complexity index is 473. The molecule has 19 heavy (non-hydrogen) atoms. The van der Waals surface area contributed by atoms with Gasteiger partial charge in [0.15, 0.2) is 17.3 Å². The van der Waals surface area contributed by atoms with Gasteiger partial charge >= 0.3 is 0 Å². The molecule has 0 unspecified atom stereocenters. The molecule has 0 heterocycles. The number of ketones is 1. The summed E-state index contributed by atoms with van der Waals surface area (Å²) in [5.41, 5.74) is 0.679. The molecule has 3 heteroatoms. The molecule has 0 N–H and O–H groups in total. The number of hydrogen-bond acceptors (Lipinski definition) is 3. The first-order valence-electron chi connectivity index (χ1n) is 6.43. The molecule has 0 aromatic heterocycles. The van der Waals surface area contributed by atoms with E-state index in [2.05, 4.69) is 6.92 Å². The Balaban J connectivity index is 3.00. The molecule has 0 saturated carbocycles. The molecule has 104 valence electrons. The SMILES string of the molecule is CCC(C)(C)Oc1ccc(/C=C/C(C)=O)cc1OC. The largest absolute Gasteiger partial charge is 0.493 e. The Hall–Kier alpha value is -1.77. The van der Waals surface area contributed by atoms with Gasteiger partial charge in [-0.3, -0.25) is 4.79 Å². The molecule has 0 saturated heterocycles. The minimum absolute atomic E-state index is 0.0198. The van der Waals surface area contributed by atoms with Crippen molar-refractivity contribution in [1.29, 1.82) is 0 Å². The van der Waals surface area contributed by atoms with Crippen molar-refractivity contribution >= 4 is 11.9 Å². The lowest BCUT2D eigenvalue weighted by atomic mass is 10.1. The smallest absolute Gasteiger partial charge is 0.162 e. The van der Waals surface area contributed by atoms with Crippen LogP contribution in [0, 0.1) is 0 Å². The van der Waals surface area contributed by atoms with Crippen LogP contribution in [0.2, 0.25) is 0 Å². The molecule has 0 bridgehead atoms. The molecule has 1 aromatic carbocycles. The van der Waals surface area contributed by atoms with Gasteiger partial charge in [0.1, 0.15) is 5.60 Å². The van der Waals surface area contributed by atoms with Gasteiger partial charge in [0.25, 0.3) is 0 Å². The first-order chi connectivity index (χ1) is 8.88. The molecule has 0 aliphatic carbocycles. The number of carbonyl (C=O) groups is 1. The number of benzene rings is 1. The second-order valence-corrected chi connectivity index (χ2v) is 5.07. The van der Waals surface area contributed by atoms with Gasteiger partial charge < -0.3 is 9.47 Å². The van der Waals surface area contributed by atoms with Crippen LogP contribution < -0.4 is 9.47 Å². The third-order valence-electron chi connectivity index (χ3n) is 2.94. The minimum Gasteiger partial charge on any atom is -0.493 e. The zero-order valence-corrected chi connectivity index (χ0v) is 12.3. The van der Waals surface area contributed by atoms with E-state index in [4.69, 9.17) is 9.47 Å². The summed E-state index contributed by atoms with van der Waals surface area (Å²) in [7, 11) is 1.61. The summed E-state index contributed by atoms with van der Waals surface area (Å²) in [6, 6.07) is 5.64. The summed E-state index contributed by atoms with van der Waals surface area (Å²) in [5.74, 6) is 1.41. The van der Waals surface area contributed by atoms with Crippen LogP contribution in [0.15, 0.2) is 24.3 Å². The Morgan fingerprint density at radius 3 is 2.53 bits per heavy atom. The van der Waals surface area contributed by atoms with Gasteiger partial charge in [-0.05, 0) is 51.0 Å². The summed E-state index contributed by atoms with van der Waals surface area (Å²) in [6.45, 7) is 7.68. The standard InChI is InChI=1S/C16H22O3/c1-6-16(3,4)19-14-10-9-13(8-7-12(2)17)11-15(14)18-5/h7-11H,6H2,1-5H3/b8-7+. The highest BCUT2D eigenvalue weighted by molar-refractivity contribution is 5.91. The quantitative estimate of drug-likeness (QED) is 0.730. The molecule has 0 radical (unpaired) electrons. The van der Waals surface area contributed by atoms with Crippen LogP contribution in [-0.2, 0) is 4.79 Å². The highest BCUT2D eigenvalue weighted by Crippen LogP contribution is 2.32. The van der Waals surface area contributed by atoms with Gasteiger partial charge in [-0.15, -0.1) is 0 Å². The summed E-state index contributed by atoms with van der Waals surface area (Å²) in [6.07, 6.45) is 4.20. The van der Waals surface area contributed by atoms with Crippen molar-refractivity contribution in [3.8, 4) is 11.5 Å². The molecular weight excluding hydrogens is 240 g/mol. The normalized spacial score (nSPS) is 11.6. The maximum absolute atomic E-state index is 10.9. The lowest BCUT2D eigenvalue weighted by Crippen LogP contribution is -2.27. The highest BCUT2D eigenvalue weighted by Gasteiger charge is 2.19. The molecule has 1 aromatic rings. The number of rotatable bonds is 6. The van der Waals surface area contributed by atoms with Gasteiger partial charge in [0, 0.05) is 0 Å². The van der Waals surface area contributed by atoms with Crippen molar-refractivity contribution < 1.29 is 14.3 Å². The average molecular weight is 262 g/mol. The van der Waals surface area contributed by atoms with Crippen molar-refractivity contribution in [3.63, 3.8) is 0 Å². The van der Waals surface area contributed by atoms with Crippen molar-refractivity contribution in [1.82, 2.24) is 0 Å². The first-order valence-corrected chi connectivity index (χ1v) is 6.43. The maximum atomic E-state index is 10.9. The van der Waals surface area contributed by atoms with Crippen LogP contribution in [0.3, 0.4) is 0 Å². The minimum atomic E-state index is -0.232. The Morgan fingerprint density at radius 1 is 1.32 bits per heavy atom. The average Bonchev–Trinajstić information content (AvgIpc) is 2.37. The molecule has 0 amide bonds.